The third-order valence-corrected chi connectivity index (χ3v) is 13.0. The molecule has 0 saturated carbocycles. The molecule has 2 amide bonds. The molecule has 0 unspecified atom stereocenters. The van der Waals surface area contributed by atoms with Crippen LogP contribution in [0.15, 0.2) is 66.7 Å². The molecule has 3 rings (SSSR count). The van der Waals surface area contributed by atoms with E-state index >= 15 is 0 Å². The zero-order chi connectivity index (χ0) is 28.8. The number of hydrogen-bond acceptors (Lipinski definition) is 7. The molecule has 2 aromatic carbocycles. The predicted octanol–water partition coefficient (Wildman–Crippen LogP) is 6.10. The van der Waals surface area contributed by atoms with E-state index in [0.717, 1.165) is 31.3 Å². The number of methoxy groups -OCH3 is 1. The lowest BCUT2D eigenvalue weighted by Crippen LogP contribution is -2.47. The fraction of sp³-hybridized carbons (Fsp3) is 0.400. The summed E-state index contributed by atoms with van der Waals surface area (Å²) >= 11 is 1.46. The summed E-state index contributed by atoms with van der Waals surface area (Å²) < 4.78 is 11.2. The summed E-state index contributed by atoms with van der Waals surface area (Å²) in [6.07, 6.45) is -0.442. The molecule has 0 radical (unpaired) electrons. The minimum Gasteiger partial charge on any atom is -0.452 e. The molecular formula is C30H41N3O4SSi. The summed E-state index contributed by atoms with van der Waals surface area (Å²) in [5.41, 5.74) is 15.8. The summed E-state index contributed by atoms with van der Waals surface area (Å²) in [5, 5.41) is 0.0946. The number of rotatable bonds is 10. The lowest BCUT2D eigenvalue weighted by atomic mass is 10.0. The van der Waals surface area contributed by atoms with Crippen LogP contribution in [0, 0.1) is 0 Å². The summed E-state index contributed by atoms with van der Waals surface area (Å²) in [7, 11) is -0.669. The van der Waals surface area contributed by atoms with E-state index in [9.17, 15) is 9.59 Å². The molecule has 0 fully saturated rings. The van der Waals surface area contributed by atoms with Crippen LogP contribution in [0.4, 0.5) is 4.79 Å². The molecule has 0 bridgehead atoms. The molecule has 0 aliphatic rings. The first-order valence-corrected chi connectivity index (χ1v) is 16.8. The molecule has 9 heteroatoms. The first-order valence-electron chi connectivity index (χ1n) is 13.1. The molecule has 39 heavy (non-hydrogen) atoms. The highest BCUT2D eigenvalue weighted by atomic mass is 32.1. The topological polar surface area (TPSA) is 108 Å². The number of thiophene rings is 1. The molecule has 0 spiro atoms. The fourth-order valence-corrected chi connectivity index (χ4v) is 5.80. The van der Waals surface area contributed by atoms with Crippen molar-refractivity contribution in [1.29, 1.82) is 0 Å². The van der Waals surface area contributed by atoms with Gasteiger partial charge in [-0.1, -0.05) is 75.4 Å². The smallest absolute Gasteiger partial charge is 0.416 e. The van der Waals surface area contributed by atoms with Crippen molar-refractivity contribution in [1.82, 2.24) is 4.90 Å². The van der Waals surface area contributed by atoms with E-state index in [1.54, 1.807) is 0 Å². The van der Waals surface area contributed by atoms with Crippen molar-refractivity contribution in [2.75, 3.05) is 13.7 Å². The van der Waals surface area contributed by atoms with Gasteiger partial charge in [0.2, 0.25) is 5.91 Å². The number of amides is 2. The van der Waals surface area contributed by atoms with Gasteiger partial charge in [-0.2, -0.15) is 0 Å². The van der Waals surface area contributed by atoms with Crippen molar-refractivity contribution in [3.63, 3.8) is 0 Å². The Hall–Kier alpha value is -2.82. The number of carbonyl (C=O) groups is 2. The van der Waals surface area contributed by atoms with Crippen LogP contribution < -0.4 is 11.5 Å². The second kappa shape index (κ2) is 13.0. The van der Waals surface area contributed by atoms with Crippen molar-refractivity contribution in [3.8, 4) is 11.1 Å². The summed E-state index contributed by atoms with van der Waals surface area (Å²) in [5.74, 6) is -0.491. The van der Waals surface area contributed by atoms with Gasteiger partial charge in [0.25, 0.3) is 0 Å². The number of hydrogen-bond donors (Lipinski definition) is 2. The summed E-state index contributed by atoms with van der Waals surface area (Å²) in [4.78, 5) is 28.6. The third-order valence-electron chi connectivity index (χ3n) is 7.29. The van der Waals surface area contributed by atoms with Crippen molar-refractivity contribution >= 4 is 31.7 Å². The van der Waals surface area contributed by atoms with Crippen LogP contribution >= 0.6 is 11.3 Å². The number of nitrogens with two attached hydrogens (primary N) is 2. The van der Waals surface area contributed by atoms with Crippen LogP contribution in [0.25, 0.3) is 11.1 Å². The van der Waals surface area contributed by atoms with Gasteiger partial charge in [-0.3, -0.25) is 4.79 Å². The lowest BCUT2D eigenvalue weighted by molar-refractivity contribution is -0.131. The largest absolute Gasteiger partial charge is 0.452 e. The zero-order valence-corrected chi connectivity index (χ0v) is 25.6. The number of ether oxygens (including phenoxy) is 1. The molecule has 2 atom stereocenters. The van der Waals surface area contributed by atoms with Crippen LogP contribution in [-0.2, 0) is 26.9 Å². The first kappa shape index (κ1) is 30.7. The van der Waals surface area contributed by atoms with E-state index in [0.29, 0.717) is 13.0 Å². The van der Waals surface area contributed by atoms with Gasteiger partial charge in [-0.25, -0.2) is 9.69 Å². The monoisotopic (exact) mass is 567 g/mol. The van der Waals surface area contributed by atoms with E-state index in [4.69, 9.17) is 20.6 Å². The number of carbonyl (C=O) groups excluding carboxylic acids is 2. The van der Waals surface area contributed by atoms with Crippen LogP contribution in [0.1, 0.15) is 42.1 Å². The van der Waals surface area contributed by atoms with Crippen molar-refractivity contribution in [2.24, 2.45) is 11.5 Å². The Morgan fingerprint density at radius 1 is 0.949 bits per heavy atom. The molecule has 0 aliphatic carbocycles. The van der Waals surface area contributed by atoms with Crippen LogP contribution in [0.3, 0.4) is 0 Å². The Morgan fingerprint density at radius 3 is 2.15 bits per heavy atom. The van der Waals surface area contributed by atoms with Crippen molar-refractivity contribution in [3.05, 3.63) is 82.0 Å². The molecule has 210 valence electrons. The average molecular weight is 568 g/mol. The van der Waals surface area contributed by atoms with E-state index in [-0.39, 0.29) is 17.6 Å². The maximum Gasteiger partial charge on any atom is 0.416 e. The molecule has 3 aromatic rings. The highest BCUT2D eigenvalue weighted by Gasteiger charge is 2.37. The Bertz CT molecular complexity index is 1240. The molecule has 7 nitrogen and oxygen atoms in total. The maximum absolute atomic E-state index is 13.3. The van der Waals surface area contributed by atoms with Gasteiger partial charge < -0.3 is 20.6 Å². The molecular weight excluding hydrogens is 527 g/mol. The van der Waals surface area contributed by atoms with Gasteiger partial charge in [0.05, 0.1) is 32.3 Å². The van der Waals surface area contributed by atoms with Gasteiger partial charge in [0.1, 0.15) is 0 Å². The van der Waals surface area contributed by atoms with Crippen molar-refractivity contribution in [2.45, 2.75) is 64.0 Å². The maximum atomic E-state index is 13.3. The highest BCUT2D eigenvalue weighted by molar-refractivity contribution is 7.12. The first-order chi connectivity index (χ1) is 18.3. The highest BCUT2D eigenvalue weighted by Crippen LogP contribution is 2.37. The Kier molecular flexibility index (Phi) is 10.3. The quantitative estimate of drug-likeness (QED) is 0.287. The fourth-order valence-electron chi connectivity index (χ4n) is 3.78. The Balaban J connectivity index is 1.64. The standard InChI is InChI=1S/C30H41N3O4SSi/c1-30(2,3)39(5,6)37-20-26(32)27-17-16-24(38-27)19-33(29(35)36-4)28(34)25(31)18-21-12-14-23(15-13-21)22-10-8-7-9-11-22/h7-17,25-26H,18-20,31-32H2,1-6H3/t25-,26+/m0/s1. The lowest BCUT2D eigenvalue weighted by Gasteiger charge is -2.36. The number of nitrogens with zero attached hydrogens (tertiary/aromatic N) is 1. The normalized spacial score (nSPS) is 13.5. The van der Waals surface area contributed by atoms with Crippen molar-refractivity contribution < 1.29 is 18.8 Å². The van der Waals surface area contributed by atoms with Crippen LogP contribution in [-0.4, -0.2) is 45.0 Å². The molecule has 1 heterocycles. The Labute approximate surface area is 237 Å². The van der Waals surface area contributed by atoms with E-state index < -0.39 is 26.4 Å². The van der Waals surface area contributed by atoms with Crippen LogP contribution in [0.5, 0.6) is 0 Å². The molecule has 0 saturated heterocycles. The Morgan fingerprint density at radius 2 is 1.56 bits per heavy atom. The van der Waals surface area contributed by atoms with Gasteiger partial charge in [0, 0.05) is 9.75 Å². The van der Waals surface area contributed by atoms with Gasteiger partial charge in [0.15, 0.2) is 8.32 Å². The predicted molar refractivity (Wildman–Crippen MR) is 161 cm³/mol. The van der Waals surface area contributed by atoms with Gasteiger partial charge >= 0.3 is 6.09 Å². The SMILES string of the molecule is COC(=O)N(Cc1ccc([C@H](N)CO[Si](C)(C)C(C)(C)C)s1)C(=O)[C@@H](N)Cc1ccc(-c2ccccc2)cc1. The summed E-state index contributed by atoms with van der Waals surface area (Å²) in [6.45, 7) is 11.4. The second-order valence-corrected chi connectivity index (χ2v) is 17.3. The molecule has 4 N–H and O–H groups in total. The van der Waals surface area contributed by atoms with E-state index in [1.807, 2.05) is 66.7 Å². The second-order valence-electron chi connectivity index (χ2n) is 11.2. The minimum absolute atomic E-state index is 0.0621. The molecule has 0 aliphatic heterocycles. The third kappa shape index (κ3) is 8.09. The van der Waals surface area contributed by atoms with Crippen LogP contribution in [0.2, 0.25) is 18.1 Å². The average Bonchev–Trinajstić information content (AvgIpc) is 3.38. The van der Waals surface area contributed by atoms with E-state index in [1.165, 1.54) is 18.4 Å². The zero-order valence-electron chi connectivity index (χ0n) is 23.8. The van der Waals surface area contributed by atoms with Gasteiger partial charge in [-0.15, -0.1) is 11.3 Å². The van der Waals surface area contributed by atoms with Gasteiger partial charge in [-0.05, 0) is 53.4 Å². The molecule has 1 aromatic heterocycles. The summed E-state index contributed by atoms with van der Waals surface area (Å²) in [6, 6.07) is 20.6. The number of imide groups is 1. The number of benzene rings is 2. The van der Waals surface area contributed by atoms with E-state index in [2.05, 4.69) is 33.9 Å². The minimum atomic E-state index is -1.92.